The number of ether oxygens (including phenoxy) is 3. The van der Waals surface area contributed by atoms with Crippen LogP contribution in [0.15, 0.2) is 84.1 Å². The van der Waals surface area contributed by atoms with Crippen molar-refractivity contribution in [2.45, 2.75) is 38.9 Å². The van der Waals surface area contributed by atoms with Crippen LogP contribution < -0.4 is 9.64 Å². The van der Waals surface area contributed by atoms with Gasteiger partial charge in [0.15, 0.2) is 5.57 Å². The van der Waals surface area contributed by atoms with Crippen LogP contribution in [-0.4, -0.2) is 25.0 Å². The minimum absolute atomic E-state index is 0.0381. The normalized spacial score (nSPS) is 15.2. The molecule has 3 aromatic carbocycles. The molecule has 3 heterocycles. The van der Waals surface area contributed by atoms with Gasteiger partial charge in [0, 0.05) is 29.9 Å². The lowest BCUT2D eigenvalue weighted by Crippen LogP contribution is -2.35. The number of hydrogen-bond donors (Lipinski definition) is 0. The fourth-order valence-electron chi connectivity index (χ4n) is 5.42. The zero-order valence-corrected chi connectivity index (χ0v) is 21.2. The van der Waals surface area contributed by atoms with E-state index in [0.717, 1.165) is 66.8 Å². The number of fused-ring (bicyclic) bond motifs is 2. The molecule has 0 aromatic heterocycles. The van der Waals surface area contributed by atoms with E-state index in [1.54, 1.807) is 6.08 Å². The molecule has 0 fully saturated rings. The van der Waals surface area contributed by atoms with Crippen LogP contribution in [0.3, 0.4) is 0 Å². The van der Waals surface area contributed by atoms with Gasteiger partial charge in [0.05, 0.1) is 0 Å². The maximum absolute atomic E-state index is 13.3. The third-order valence-corrected chi connectivity index (χ3v) is 7.21. The van der Waals surface area contributed by atoms with Gasteiger partial charge in [-0.2, -0.15) is 0 Å². The third kappa shape index (κ3) is 4.82. The Kier molecular flexibility index (Phi) is 6.69. The number of carbonyl (C=O) groups excluding carboxylic acids is 2. The van der Waals surface area contributed by atoms with E-state index in [2.05, 4.69) is 11.0 Å². The molecule has 0 unspecified atom stereocenters. The first-order chi connectivity index (χ1) is 18.7. The second-order valence-corrected chi connectivity index (χ2v) is 9.77. The molecule has 6 heteroatoms. The molecule has 6 nitrogen and oxygen atoms in total. The Morgan fingerprint density at radius 3 is 2.03 bits per heavy atom. The Balaban J connectivity index is 1.33. The summed E-state index contributed by atoms with van der Waals surface area (Å²) in [5, 5.41) is 0. The zero-order chi connectivity index (χ0) is 25.9. The largest absolute Gasteiger partial charge is 0.457 e. The highest BCUT2D eigenvalue weighted by Gasteiger charge is 2.33. The van der Waals surface area contributed by atoms with Crippen molar-refractivity contribution in [3.05, 3.63) is 112 Å². The number of anilines is 1. The van der Waals surface area contributed by atoms with Gasteiger partial charge in [-0.1, -0.05) is 60.7 Å². The van der Waals surface area contributed by atoms with Gasteiger partial charge in [0.2, 0.25) is 0 Å². The second kappa shape index (κ2) is 10.6. The maximum Gasteiger partial charge on any atom is 0.349 e. The minimum Gasteiger partial charge on any atom is -0.457 e. The Bertz CT molecular complexity index is 1370. The van der Waals surface area contributed by atoms with Crippen molar-refractivity contribution in [1.29, 1.82) is 0 Å². The average Bonchev–Trinajstić information content (AvgIpc) is 2.97. The molecule has 0 amide bonds. The van der Waals surface area contributed by atoms with Crippen molar-refractivity contribution in [1.82, 2.24) is 0 Å². The van der Waals surface area contributed by atoms with Crippen LogP contribution in [0, 0.1) is 0 Å². The van der Waals surface area contributed by atoms with Crippen molar-refractivity contribution >= 4 is 23.7 Å². The third-order valence-electron chi connectivity index (χ3n) is 7.21. The predicted octanol–water partition coefficient (Wildman–Crippen LogP) is 5.53. The van der Waals surface area contributed by atoms with Crippen molar-refractivity contribution in [3.8, 4) is 5.75 Å². The molecule has 0 atom stereocenters. The van der Waals surface area contributed by atoms with Gasteiger partial charge in [-0.15, -0.1) is 0 Å². The molecule has 6 rings (SSSR count). The number of benzene rings is 3. The monoisotopic (exact) mass is 507 g/mol. The first-order valence-electron chi connectivity index (χ1n) is 13.1. The molecule has 38 heavy (non-hydrogen) atoms. The molecule has 0 spiro atoms. The van der Waals surface area contributed by atoms with Gasteiger partial charge in [-0.05, 0) is 60.6 Å². The van der Waals surface area contributed by atoms with Gasteiger partial charge >= 0.3 is 11.9 Å². The summed E-state index contributed by atoms with van der Waals surface area (Å²) >= 11 is 0. The van der Waals surface area contributed by atoms with E-state index in [4.69, 9.17) is 14.2 Å². The highest BCUT2D eigenvalue weighted by molar-refractivity contribution is 6.15. The lowest BCUT2D eigenvalue weighted by Gasteiger charge is -2.38. The van der Waals surface area contributed by atoms with Crippen molar-refractivity contribution in [3.63, 3.8) is 0 Å². The molecule has 0 bridgehead atoms. The van der Waals surface area contributed by atoms with Gasteiger partial charge in [0.25, 0.3) is 0 Å². The number of carbonyl (C=O) groups is 2. The number of aryl methyl sites for hydroxylation is 1. The van der Waals surface area contributed by atoms with Crippen LogP contribution in [-0.2, 0) is 45.1 Å². The molecule has 3 aromatic rings. The fraction of sp³-hybridized carbons (Fsp3) is 0.250. The van der Waals surface area contributed by atoms with E-state index in [1.165, 1.54) is 11.3 Å². The standard InChI is InChI=1S/C32H29NO5/c34-31(36-20-22-9-3-1-4-10-22)28(32(35)37-21-23-11-5-2-6-12-23)27-16-15-25-19-24-13-7-17-33-18-8-14-26(29(24)33)30(25)38-27/h1-6,9-12,15-16,19H,7-8,13-14,17-18,20-21H2. The van der Waals surface area contributed by atoms with Crippen LogP contribution in [0.4, 0.5) is 5.69 Å². The summed E-state index contributed by atoms with van der Waals surface area (Å²) in [7, 11) is 0. The Morgan fingerprint density at radius 2 is 1.39 bits per heavy atom. The van der Waals surface area contributed by atoms with Gasteiger partial charge < -0.3 is 19.1 Å². The summed E-state index contributed by atoms with van der Waals surface area (Å²) in [4.78, 5) is 29.1. The molecule has 0 N–H and O–H groups in total. The molecule has 0 radical (unpaired) electrons. The number of rotatable bonds is 6. The van der Waals surface area contributed by atoms with Crippen LogP contribution in [0.2, 0.25) is 0 Å². The minimum atomic E-state index is -0.775. The molecule has 0 saturated carbocycles. The fourth-order valence-corrected chi connectivity index (χ4v) is 5.42. The van der Waals surface area contributed by atoms with Crippen LogP contribution >= 0.6 is 0 Å². The Morgan fingerprint density at radius 1 is 0.789 bits per heavy atom. The van der Waals surface area contributed by atoms with Gasteiger partial charge in [0.1, 0.15) is 24.7 Å². The van der Waals surface area contributed by atoms with E-state index in [1.807, 2.05) is 66.7 Å². The molecular formula is C32H29NO5. The van der Waals surface area contributed by atoms with Crippen LogP contribution in [0.5, 0.6) is 5.75 Å². The quantitative estimate of drug-likeness (QED) is 0.189. The van der Waals surface area contributed by atoms with E-state index in [-0.39, 0.29) is 24.5 Å². The summed E-state index contributed by atoms with van der Waals surface area (Å²) in [6.45, 7) is 2.16. The highest BCUT2D eigenvalue weighted by atomic mass is 16.6. The molecular weight excluding hydrogens is 478 g/mol. The van der Waals surface area contributed by atoms with Crippen LogP contribution in [0.25, 0.3) is 6.08 Å². The Hall–Kier alpha value is -4.32. The van der Waals surface area contributed by atoms with Crippen molar-refractivity contribution in [2.75, 3.05) is 18.0 Å². The maximum atomic E-state index is 13.3. The molecule has 0 saturated heterocycles. The van der Waals surface area contributed by atoms with E-state index in [0.29, 0.717) is 0 Å². The zero-order valence-electron chi connectivity index (χ0n) is 21.2. The Labute approximate surface area is 222 Å². The van der Waals surface area contributed by atoms with E-state index in [9.17, 15) is 9.59 Å². The summed E-state index contributed by atoms with van der Waals surface area (Å²) in [6.07, 6.45) is 7.73. The van der Waals surface area contributed by atoms with E-state index < -0.39 is 11.9 Å². The molecule has 3 aliphatic heterocycles. The number of esters is 2. The van der Waals surface area contributed by atoms with E-state index >= 15 is 0 Å². The SMILES string of the molecule is O=C(OCc1ccccc1)C(C(=O)OCc1ccccc1)=C1C=Cc2cc3c4c(c2O1)CCCN4CCC3. The predicted molar refractivity (Wildman–Crippen MR) is 144 cm³/mol. The molecule has 192 valence electrons. The number of allylic oxidation sites excluding steroid dienone is 1. The first kappa shape index (κ1) is 24.0. The molecule has 0 aliphatic carbocycles. The smallest absolute Gasteiger partial charge is 0.349 e. The van der Waals surface area contributed by atoms with Crippen molar-refractivity contribution < 1.29 is 23.8 Å². The molecule has 3 aliphatic rings. The van der Waals surface area contributed by atoms with Gasteiger partial charge in [-0.3, -0.25) is 0 Å². The summed E-state index contributed by atoms with van der Waals surface area (Å²) in [5.41, 5.74) is 6.14. The second-order valence-electron chi connectivity index (χ2n) is 9.77. The summed E-state index contributed by atoms with van der Waals surface area (Å²) in [6, 6.07) is 20.9. The summed E-state index contributed by atoms with van der Waals surface area (Å²) < 4.78 is 17.5. The first-order valence-corrected chi connectivity index (χ1v) is 13.1. The average molecular weight is 508 g/mol. The van der Waals surface area contributed by atoms with Gasteiger partial charge in [-0.25, -0.2) is 9.59 Å². The number of nitrogens with zero attached hydrogens (tertiary/aromatic N) is 1. The number of hydrogen-bond acceptors (Lipinski definition) is 6. The lowest BCUT2D eigenvalue weighted by molar-refractivity contribution is -0.148. The highest BCUT2D eigenvalue weighted by Crippen LogP contribution is 2.45. The van der Waals surface area contributed by atoms with Crippen molar-refractivity contribution in [2.24, 2.45) is 0 Å². The van der Waals surface area contributed by atoms with Crippen LogP contribution in [0.1, 0.15) is 40.7 Å². The lowest BCUT2D eigenvalue weighted by atomic mass is 9.88. The summed E-state index contributed by atoms with van der Waals surface area (Å²) in [5.74, 6) is -0.679. The topological polar surface area (TPSA) is 65.1 Å².